The Morgan fingerprint density at radius 3 is 3.00 bits per heavy atom. The molecule has 0 amide bonds. The van der Waals surface area contributed by atoms with Gasteiger partial charge < -0.3 is 10.3 Å². The number of aromatic amines is 1. The number of aromatic nitrogens is 3. The lowest BCUT2D eigenvalue weighted by atomic mass is 10.1. The van der Waals surface area contributed by atoms with Gasteiger partial charge in [-0.3, -0.25) is 4.98 Å². The zero-order valence-electron chi connectivity index (χ0n) is 8.94. The Labute approximate surface area is 103 Å². The van der Waals surface area contributed by atoms with Crippen molar-refractivity contribution in [3.8, 4) is 0 Å². The first-order chi connectivity index (χ1) is 7.79. The lowest BCUT2D eigenvalue weighted by Crippen LogP contribution is -2.19. The van der Waals surface area contributed by atoms with Crippen LogP contribution in [0.15, 0.2) is 35.3 Å². The van der Waals surface area contributed by atoms with Crippen molar-refractivity contribution in [2.24, 2.45) is 0 Å². The van der Waals surface area contributed by atoms with Crippen LogP contribution >= 0.6 is 15.9 Å². The van der Waals surface area contributed by atoms with E-state index in [9.17, 15) is 0 Å². The fraction of sp³-hybridized carbons (Fsp3) is 0.273. The van der Waals surface area contributed by atoms with Crippen molar-refractivity contribution < 1.29 is 0 Å². The molecule has 2 rings (SSSR count). The van der Waals surface area contributed by atoms with Gasteiger partial charge in [-0.1, -0.05) is 0 Å². The van der Waals surface area contributed by atoms with Crippen LogP contribution in [0, 0.1) is 0 Å². The molecule has 0 bridgehead atoms. The van der Waals surface area contributed by atoms with E-state index in [4.69, 9.17) is 0 Å². The van der Waals surface area contributed by atoms with E-state index in [0.717, 1.165) is 22.3 Å². The highest BCUT2D eigenvalue weighted by atomic mass is 79.9. The number of nitrogens with one attached hydrogen (secondary N) is 2. The van der Waals surface area contributed by atoms with Crippen LogP contribution < -0.4 is 5.32 Å². The molecule has 1 unspecified atom stereocenters. The summed E-state index contributed by atoms with van der Waals surface area (Å²) in [4.78, 5) is 11.5. The van der Waals surface area contributed by atoms with Crippen LogP contribution in [-0.2, 0) is 6.42 Å². The second kappa shape index (κ2) is 5.23. The van der Waals surface area contributed by atoms with Crippen molar-refractivity contribution in [3.05, 3.63) is 46.7 Å². The predicted octanol–water partition coefficient (Wildman–Crippen LogP) is 2.07. The Hall–Kier alpha value is -1.20. The van der Waals surface area contributed by atoms with Crippen LogP contribution in [0.1, 0.15) is 17.4 Å². The summed E-state index contributed by atoms with van der Waals surface area (Å²) in [7, 11) is 1.94. The second-order valence-electron chi connectivity index (χ2n) is 3.52. The van der Waals surface area contributed by atoms with E-state index < -0.39 is 0 Å². The minimum atomic E-state index is 0.219. The lowest BCUT2D eigenvalue weighted by Gasteiger charge is -2.15. The summed E-state index contributed by atoms with van der Waals surface area (Å²) in [6.45, 7) is 0. The van der Waals surface area contributed by atoms with Gasteiger partial charge in [-0.05, 0) is 34.6 Å². The topological polar surface area (TPSA) is 53.6 Å². The molecular formula is C11H13BrN4. The van der Waals surface area contributed by atoms with Crippen LogP contribution in [-0.4, -0.2) is 22.0 Å². The monoisotopic (exact) mass is 280 g/mol. The van der Waals surface area contributed by atoms with Crippen molar-refractivity contribution in [2.75, 3.05) is 7.05 Å². The van der Waals surface area contributed by atoms with Crippen LogP contribution in [0.5, 0.6) is 0 Å². The van der Waals surface area contributed by atoms with Gasteiger partial charge in [0.15, 0.2) is 0 Å². The molecule has 0 saturated heterocycles. The van der Waals surface area contributed by atoms with E-state index >= 15 is 0 Å². The molecule has 0 fully saturated rings. The van der Waals surface area contributed by atoms with E-state index in [2.05, 4.69) is 42.3 Å². The third kappa shape index (κ3) is 2.68. The van der Waals surface area contributed by atoms with Crippen molar-refractivity contribution in [2.45, 2.75) is 12.5 Å². The van der Waals surface area contributed by atoms with Gasteiger partial charge in [0.2, 0.25) is 0 Å². The van der Waals surface area contributed by atoms with Gasteiger partial charge in [0.1, 0.15) is 5.82 Å². The number of hydrogen-bond acceptors (Lipinski definition) is 3. The molecular weight excluding hydrogens is 268 g/mol. The van der Waals surface area contributed by atoms with Gasteiger partial charge in [-0.15, -0.1) is 0 Å². The first-order valence-electron chi connectivity index (χ1n) is 5.05. The number of hydrogen-bond donors (Lipinski definition) is 2. The van der Waals surface area contributed by atoms with E-state index in [1.165, 1.54) is 0 Å². The quantitative estimate of drug-likeness (QED) is 0.902. The summed E-state index contributed by atoms with van der Waals surface area (Å²) in [6.07, 6.45) is 8.07. The summed E-state index contributed by atoms with van der Waals surface area (Å²) in [6, 6.07) is 2.29. The van der Waals surface area contributed by atoms with Gasteiger partial charge in [0, 0.05) is 41.7 Å². The van der Waals surface area contributed by atoms with Crippen molar-refractivity contribution >= 4 is 15.9 Å². The zero-order chi connectivity index (χ0) is 11.4. The normalized spacial score (nSPS) is 12.6. The standard InChI is InChI=1S/C11H13BrN4/c1-13-10(5-11-15-2-3-16-11)8-4-9(12)7-14-6-8/h2-4,6-7,10,13H,5H2,1H3,(H,15,16). The van der Waals surface area contributed by atoms with Crippen LogP contribution in [0.3, 0.4) is 0 Å². The summed E-state index contributed by atoms with van der Waals surface area (Å²) < 4.78 is 0.990. The van der Waals surface area contributed by atoms with Crippen LogP contribution in [0.2, 0.25) is 0 Å². The molecule has 2 heterocycles. The van der Waals surface area contributed by atoms with Gasteiger partial charge in [-0.2, -0.15) is 0 Å². The van der Waals surface area contributed by atoms with Gasteiger partial charge in [-0.25, -0.2) is 4.98 Å². The molecule has 2 N–H and O–H groups in total. The highest BCUT2D eigenvalue weighted by molar-refractivity contribution is 9.10. The molecule has 0 radical (unpaired) electrons. The average molecular weight is 281 g/mol. The molecule has 0 spiro atoms. The Morgan fingerprint density at radius 1 is 1.50 bits per heavy atom. The van der Waals surface area contributed by atoms with E-state index in [1.807, 2.05) is 19.4 Å². The van der Waals surface area contributed by atoms with Gasteiger partial charge in [0.25, 0.3) is 0 Å². The Bertz CT molecular complexity index is 441. The predicted molar refractivity (Wildman–Crippen MR) is 66.0 cm³/mol. The van der Waals surface area contributed by atoms with Crippen LogP contribution in [0.25, 0.3) is 0 Å². The summed E-state index contributed by atoms with van der Waals surface area (Å²) >= 11 is 3.42. The number of imidazole rings is 1. The third-order valence-corrected chi connectivity index (χ3v) is 2.86. The fourth-order valence-corrected chi connectivity index (χ4v) is 1.99. The van der Waals surface area contributed by atoms with E-state index in [-0.39, 0.29) is 6.04 Å². The minimum absolute atomic E-state index is 0.219. The smallest absolute Gasteiger partial charge is 0.107 e. The molecule has 2 aromatic heterocycles. The zero-order valence-corrected chi connectivity index (χ0v) is 10.5. The highest BCUT2D eigenvalue weighted by Gasteiger charge is 2.11. The van der Waals surface area contributed by atoms with Gasteiger partial charge >= 0.3 is 0 Å². The summed E-state index contributed by atoms with van der Waals surface area (Å²) in [5.41, 5.74) is 1.15. The van der Waals surface area contributed by atoms with Crippen molar-refractivity contribution in [1.82, 2.24) is 20.3 Å². The molecule has 0 aromatic carbocycles. The number of likely N-dealkylation sites (N-methyl/N-ethyl adjacent to an activating group) is 1. The van der Waals surface area contributed by atoms with E-state index in [1.54, 1.807) is 12.4 Å². The Morgan fingerprint density at radius 2 is 2.38 bits per heavy atom. The third-order valence-electron chi connectivity index (χ3n) is 2.43. The summed E-state index contributed by atoms with van der Waals surface area (Å²) in [5, 5.41) is 3.26. The average Bonchev–Trinajstić information content (AvgIpc) is 2.78. The molecule has 16 heavy (non-hydrogen) atoms. The largest absolute Gasteiger partial charge is 0.349 e. The van der Waals surface area contributed by atoms with E-state index in [0.29, 0.717) is 0 Å². The molecule has 1 atom stereocenters. The highest BCUT2D eigenvalue weighted by Crippen LogP contribution is 2.19. The molecule has 84 valence electrons. The number of halogens is 1. The molecule has 4 nitrogen and oxygen atoms in total. The van der Waals surface area contributed by atoms with Crippen molar-refractivity contribution in [1.29, 1.82) is 0 Å². The Balaban J connectivity index is 2.16. The maximum Gasteiger partial charge on any atom is 0.107 e. The van der Waals surface area contributed by atoms with Crippen molar-refractivity contribution in [3.63, 3.8) is 0 Å². The first kappa shape index (κ1) is 11.3. The Kier molecular flexibility index (Phi) is 3.69. The molecule has 0 aliphatic carbocycles. The fourth-order valence-electron chi connectivity index (χ4n) is 1.61. The number of pyridine rings is 1. The number of rotatable bonds is 4. The first-order valence-corrected chi connectivity index (χ1v) is 5.85. The van der Waals surface area contributed by atoms with Crippen LogP contribution in [0.4, 0.5) is 0 Å². The molecule has 5 heteroatoms. The number of nitrogens with zero attached hydrogens (tertiary/aromatic N) is 2. The maximum absolute atomic E-state index is 4.22. The maximum atomic E-state index is 4.22. The minimum Gasteiger partial charge on any atom is -0.349 e. The van der Waals surface area contributed by atoms with Gasteiger partial charge in [0.05, 0.1) is 0 Å². The SMILES string of the molecule is CNC(Cc1ncc[nH]1)c1cncc(Br)c1. The molecule has 2 aromatic rings. The lowest BCUT2D eigenvalue weighted by molar-refractivity contribution is 0.576. The second-order valence-corrected chi connectivity index (χ2v) is 4.43. The molecule has 0 aliphatic heterocycles. The molecule has 0 aliphatic rings. The molecule has 0 saturated carbocycles. The number of H-pyrrole nitrogens is 1. The summed E-state index contributed by atoms with van der Waals surface area (Å²) in [5.74, 6) is 0.972.